The Morgan fingerprint density at radius 3 is 2.70 bits per heavy atom. The van der Waals surface area contributed by atoms with Gasteiger partial charge in [0.25, 0.3) is 0 Å². The number of nitrogens with zero attached hydrogens (tertiary/aromatic N) is 2. The average Bonchev–Trinajstić information content (AvgIpc) is 3.20. The first-order valence-electron chi connectivity index (χ1n) is 8.62. The summed E-state index contributed by atoms with van der Waals surface area (Å²) in [5.74, 6) is 2.20. The minimum atomic E-state index is 0.653. The second-order valence-electron chi connectivity index (χ2n) is 6.08. The van der Waals surface area contributed by atoms with Crippen molar-refractivity contribution < 1.29 is 9.47 Å². The molecule has 136 valence electrons. The summed E-state index contributed by atoms with van der Waals surface area (Å²) in [5.41, 5.74) is 5.13. The van der Waals surface area contributed by atoms with E-state index < -0.39 is 0 Å². The number of nitrogens with one attached hydrogen (secondary N) is 2. The van der Waals surface area contributed by atoms with Gasteiger partial charge >= 0.3 is 0 Å². The molecule has 2 N–H and O–H groups in total. The molecule has 0 amide bonds. The van der Waals surface area contributed by atoms with E-state index in [0.29, 0.717) is 18.0 Å². The summed E-state index contributed by atoms with van der Waals surface area (Å²) in [7, 11) is 3.26. The van der Waals surface area contributed by atoms with Gasteiger partial charge in [-0.1, -0.05) is 12.1 Å². The monoisotopic (exact) mass is 360 g/mol. The van der Waals surface area contributed by atoms with E-state index >= 15 is 0 Å². The molecule has 4 aromatic rings. The molecule has 0 atom stereocenters. The minimum Gasteiger partial charge on any atom is -0.493 e. The zero-order chi connectivity index (χ0) is 18.6. The highest BCUT2D eigenvalue weighted by atomic mass is 16.5. The predicted molar refractivity (Wildman–Crippen MR) is 106 cm³/mol. The number of hydrogen-bond donors (Lipinski definition) is 2. The van der Waals surface area contributed by atoms with Crippen molar-refractivity contribution in [2.45, 2.75) is 6.54 Å². The number of pyridine rings is 1. The Kier molecular flexibility index (Phi) is 4.61. The van der Waals surface area contributed by atoms with Gasteiger partial charge in [-0.15, -0.1) is 0 Å². The number of imidazole rings is 1. The summed E-state index contributed by atoms with van der Waals surface area (Å²) in [6.07, 6.45) is 3.49. The van der Waals surface area contributed by atoms with Crippen LogP contribution in [-0.2, 0) is 6.54 Å². The first kappa shape index (κ1) is 16.9. The molecule has 0 saturated carbocycles. The molecule has 0 saturated heterocycles. The highest BCUT2D eigenvalue weighted by Gasteiger charge is 2.10. The Hall–Kier alpha value is -3.54. The molecule has 0 spiro atoms. The molecular weight excluding hydrogens is 340 g/mol. The van der Waals surface area contributed by atoms with E-state index in [1.807, 2.05) is 36.4 Å². The molecule has 2 heterocycles. The Morgan fingerprint density at radius 2 is 1.85 bits per heavy atom. The summed E-state index contributed by atoms with van der Waals surface area (Å²) in [6, 6.07) is 16.0. The van der Waals surface area contributed by atoms with Gasteiger partial charge < -0.3 is 19.8 Å². The summed E-state index contributed by atoms with van der Waals surface area (Å²) >= 11 is 0. The van der Waals surface area contributed by atoms with Crippen molar-refractivity contribution in [1.29, 1.82) is 0 Å². The van der Waals surface area contributed by atoms with E-state index in [1.54, 1.807) is 26.7 Å². The van der Waals surface area contributed by atoms with Gasteiger partial charge in [0, 0.05) is 18.3 Å². The Labute approximate surface area is 157 Å². The standard InChI is InChI=1S/C21H20N4O2/c1-26-19-8-6-15(11-20(19)27-2)16-4-3-9-22-21(16)23-12-14-5-7-17-18(10-14)25-13-24-17/h3-11,13H,12H2,1-2H3,(H,22,23)(H,24,25). The van der Waals surface area contributed by atoms with Gasteiger partial charge in [-0.3, -0.25) is 0 Å². The van der Waals surface area contributed by atoms with Crippen molar-refractivity contribution in [3.63, 3.8) is 0 Å². The maximum atomic E-state index is 5.43. The average molecular weight is 360 g/mol. The lowest BCUT2D eigenvalue weighted by Gasteiger charge is -2.13. The van der Waals surface area contributed by atoms with Gasteiger partial charge in [0.2, 0.25) is 0 Å². The molecule has 0 fully saturated rings. The van der Waals surface area contributed by atoms with Crippen LogP contribution < -0.4 is 14.8 Å². The van der Waals surface area contributed by atoms with Crippen molar-refractivity contribution in [2.24, 2.45) is 0 Å². The second kappa shape index (κ2) is 7.37. The Bertz CT molecular complexity index is 1070. The van der Waals surface area contributed by atoms with Crippen LogP contribution in [0.3, 0.4) is 0 Å². The zero-order valence-corrected chi connectivity index (χ0v) is 15.2. The SMILES string of the molecule is COc1ccc(-c2cccnc2NCc2ccc3[nH]cnc3c2)cc1OC. The molecular formula is C21H20N4O2. The van der Waals surface area contributed by atoms with Crippen molar-refractivity contribution in [1.82, 2.24) is 15.0 Å². The molecule has 2 aromatic carbocycles. The van der Waals surface area contributed by atoms with Crippen LogP contribution in [0.1, 0.15) is 5.56 Å². The maximum absolute atomic E-state index is 5.43. The van der Waals surface area contributed by atoms with Crippen molar-refractivity contribution >= 4 is 16.9 Å². The molecule has 0 bridgehead atoms. The Morgan fingerprint density at radius 1 is 0.963 bits per heavy atom. The first-order chi connectivity index (χ1) is 13.3. The van der Waals surface area contributed by atoms with Gasteiger partial charge in [0.05, 0.1) is 31.6 Å². The number of ether oxygens (including phenoxy) is 2. The van der Waals surface area contributed by atoms with Crippen LogP contribution in [0.25, 0.3) is 22.2 Å². The molecule has 6 nitrogen and oxygen atoms in total. The number of anilines is 1. The number of H-pyrrole nitrogens is 1. The van der Waals surface area contributed by atoms with Crippen LogP contribution in [0, 0.1) is 0 Å². The fourth-order valence-corrected chi connectivity index (χ4v) is 3.06. The van der Waals surface area contributed by atoms with Gasteiger partial charge in [-0.2, -0.15) is 0 Å². The second-order valence-corrected chi connectivity index (χ2v) is 6.08. The van der Waals surface area contributed by atoms with Crippen LogP contribution in [0.2, 0.25) is 0 Å². The third-order valence-corrected chi connectivity index (χ3v) is 4.45. The zero-order valence-electron chi connectivity index (χ0n) is 15.2. The fraction of sp³-hybridized carbons (Fsp3) is 0.143. The number of rotatable bonds is 6. The smallest absolute Gasteiger partial charge is 0.161 e. The van der Waals surface area contributed by atoms with Crippen LogP contribution in [-0.4, -0.2) is 29.2 Å². The summed E-state index contributed by atoms with van der Waals surface area (Å²) in [6.45, 7) is 0.653. The number of aromatic amines is 1. The molecule has 27 heavy (non-hydrogen) atoms. The largest absolute Gasteiger partial charge is 0.493 e. The van der Waals surface area contributed by atoms with Crippen LogP contribution in [0.15, 0.2) is 61.1 Å². The highest BCUT2D eigenvalue weighted by Crippen LogP contribution is 2.34. The summed E-state index contributed by atoms with van der Waals surface area (Å²) in [4.78, 5) is 11.9. The van der Waals surface area contributed by atoms with Crippen molar-refractivity contribution in [3.05, 3.63) is 66.6 Å². The molecule has 2 aromatic heterocycles. The topological polar surface area (TPSA) is 72.1 Å². The fourth-order valence-electron chi connectivity index (χ4n) is 3.06. The van der Waals surface area contributed by atoms with Crippen LogP contribution in [0.4, 0.5) is 5.82 Å². The molecule has 4 rings (SSSR count). The van der Waals surface area contributed by atoms with Gasteiger partial charge in [-0.25, -0.2) is 9.97 Å². The summed E-state index contributed by atoms with van der Waals surface area (Å²) < 4.78 is 10.8. The number of aromatic nitrogens is 3. The van der Waals surface area contributed by atoms with E-state index in [1.165, 1.54) is 0 Å². The predicted octanol–water partition coefficient (Wildman–Crippen LogP) is 4.25. The van der Waals surface area contributed by atoms with Crippen molar-refractivity contribution in [2.75, 3.05) is 19.5 Å². The Balaban J connectivity index is 1.61. The number of methoxy groups -OCH3 is 2. The lowest BCUT2D eigenvalue weighted by Crippen LogP contribution is -2.03. The number of benzene rings is 2. The number of hydrogen-bond acceptors (Lipinski definition) is 5. The minimum absolute atomic E-state index is 0.653. The number of fused-ring (bicyclic) bond motifs is 1. The molecule has 6 heteroatoms. The molecule has 0 radical (unpaired) electrons. The van der Waals surface area contributed by atoms with E-state index in [4.69, 9.17) is 9.47 Å². The quantitative estimate of drug-likeness (QED) is 0.538. The van der Waals surface area contributed by atoms with Crippen LogP contribution in [0.5, 0.6) is 11.5 Å². The van der Waals surface area contributed by atoms with Crippen LogP contribution >= 0.6 is 0 Å². The van der Waals surface area contributed by atoms with E-state index in [-0.39, 0.29) is 0 Å². The maximum Gasteiger partial charge on any atom is 0.161 e. The first-order valence-corrected chi connectivity index (χ1v) is 8.62. The van der Waals surface area contributed by atoms with Gasteiger partial charge in [-0.05, 0) is 47.5 Å². The van der Waals surface area contributed by atoms with E-state index in [0.717, 1.165) is 33.5 Å². The third kappa shape index (κ3) is 3.42. The third-order valence-electron chi connectivity index (χ3n) is 4.45. The molecule has 0 unspecified atom stereocenters. The molecule has 0 aliphatic heterocycles. The highest BCUT2D eigenvalue weighted by molar-refractivity contribution is 5.77. The van der Waals surface area contributed by atoms with Gasteiger partial charge in [0.1, 0.15) is 5.82 Å². The summed E-state index contributed by atoms with van der Waals surface area (Å²) in [5, 5.41) is 3.43. The lowest BCUT2D eigenvalue weighted by molar-refractivity contribution is 0.355. The normalized spacial score (nSPS) is 10.7. The van der Waals surface area contributed by atoms with E-state index in [9.17, 15) is 0 Å². The lowest BCUT2D eigenvalue weighted by atomic mass is 10.1. The molecule has 0 aliphatic rings. The molecule has 0 aliphatic carbocycles. The van der Waals surface area contributed by atoms with Crippen molar-refractivity contribution in [3.8, 4) is 22.6 Å². The van der Waals surface area contributed by atoms with Gasteiger partial charge in [0.15, 0.2) is 11.5 Å². The van der Waals surface area contributed by atoms with E-state index in [2.05, 4.69) is 32.4 Å².